The Labute approximate surface area is 140 Å². The van der Waals surface area contributed by atoms with Crippen LogP contribution in [0.15, 0.2) is 60.7 Å². The maximum Gasteiger partial charge on any atom is 0.343 e. The third-order valence-electron chi connectivity index (χ3n) is 4.46. The Morgan fingerprint density at radius 2 is 1.79 bits per heavy atom. The zero-order chi connectivity index (χ0) is 17.2. The second kappa shape index (κ2) is 6.71. The van der Waals surface area contributed by atoms with Gasteiger partial charge in [-0.3, -0.25) is 4.84 Å². The summed E-state index contributed by atoms with van der Waals surface area (Å²) < 4.78 is 20.2. The van der Waals surface area contributed by atoms with Crippen LogP contribution in [0.1, 0.15) is 29.8 Å². The maximum atomic E-state index is 15.3. The molecule has 0 bridgehead atoms. The largest absolute Gasteiger partial charge is 0.467 e. The smallest absolute Gasteiger partial charge is 0.343 e. The molecule has 2 aromatic rings. The number of hydrogen-bond acceptors (Lipinski definition) is 4. The van der Waals surface area contributed by atoms with Crippen LogP contribution in [0.5, 0.6) is 0 Å². The summed E-state index contributed by atoms with van der Waals surface area (Å²) in [5.41, 5.74) is -0.332. The number of nitrogens with zero attached hydrogens (tertiary/aromatic N) is 1. The van der Waals surface area contributed by atoms with Gasteiger partial charge in [0, 0.05) is 13.5 Å². The highest BCUT2D eigenvalue weighted by molar-refractivity contribution is 5.81. The van der Waals surface area contributed by atoms with Crippen molar-refractivity contribution in [2.75, 3.05) is 14.2 Å². The summed E-state index contributed by atoms with van der Waals surface area (Å²) in [4.78, 5) is 18.2. The fraction of sp³-hybridized carbons (Fsp3) is 0.316. The molecule has 3 rings (SSSR count). The first-order valence-electron chi connectivity index (χ1n) is 7.83. The van der Waals surface area contributed by atoms with Gasteiger partial charge in [-0.25, -0.2) is 9.18 Å². The van der Waals surface area contributed by atoms with Gasteiger partial charge < -0.3 is 4.74 Å². The predicted octanol–water partition coefficient (Wildman–Crippen LogP) is 3.62. The van der Waals surface area contributed by atoms with Gasteiger partial charge in [0.15, 0.2) is 6.17 Å². The average Bonchev–Trinajstić information content (AvgIpc) is 3.00. The molecule has 0 amide bonds. The molecule has 1 aliphatic rings. The normalized spacial score (nSPS) is 25.4. The van der Waals surface area contributed by atoms with Crippen LogP contribution >= 0.6 is 0 Å². The van der Waals surface area contributed by atoms with Gasteiger partial charge in [0.25, 0.3) is 0 Å². The van der Waals surface area contributed by atoms with Crippen LogP contribution in [-0.4, -0.2) is 30.8 Å². The highest BCUT2D eigenvalue weighted by Crippen LogP contribution is 2.48. The first kappa shape index (κ1) is 16.6. The highest BCUT2D eigenvalue weighted by atomic mass is 19.1. The number of hydrogen-bond donors (Lipinski definition) is 0. The lowest BCUT2D eigenvalue weighted by Gasteiger charge is -2.28. The molecular weight excluding hydrogens is 309 g/mol. The number of esters is 1. The Kier molecular flexibility index (Phi) is 4.64. The molecule has 1 heterocycles. The zero-order valence-electron chi connectivity index (χ0n) is 13.7. The molecule has 5 heteroatoms. The molecule has 24 heavy (non-hydrogen) atoms. The molecule has 1 aliphatic heterocycles. The molecule has 0 aliphatic carbocycles. The molecule has 4 nitrogen and oxygen atoms in total. The molecule has 126 valence electrons. The predicted molar refractivity (Wildman–Crippen MR) is 87.7 cm³/mol. The minimum Gasteiger partial charge on any atom is -0.467 e. The monoisotopic (exact) mass is 329 g/mol. The van der Waals surface area contributed by atoms with E-state index in [1.807, 2.05) is 30.3 Å². The number of benzene rings is 2. The molecule has 1 unspecified atom stereocenters. The van der Waals surface area contributed by atoms with Crippen LogP contribution in [0.3, 0.4) is 0 Å². The van der Waals surface area contributed by atoms with Crippen LogP contribution in [-0.2, 0) is 14.4 Å². The minimum atomic E-state index is -1.69. The standard InChI is InChI=1S/C19H20FNO3/c1-21-16(14-9-5-3-6-10-14)13-19(24-21,18(22)23-2)17(20)15-11-7-4-8-12-15/h3-12,16-17H,13H2,1-2H3/t16-,17?,19+/m1/s1. The van der Waals surface area contributed by atoms with E-state index >= 15 is 4.39 Å². The van der Waals surface area contributed by atoms with Crippen molar-refractivity contribution in [1.29, 1.82) is 0 Å². The molecule has 0 spiro atoms. The van der Waals surface area contributed by atoms with Crippen molar-refractivity contribution in [3.63, 3.8) is 0 Å². The summed E-state index contributed by atoms with van der Waals surface area (Å²) in [7, 11) is 2.96. The van der Waals surface area contributed by atoms with E-state index < -0.39 is 17.7 Å². The van der Waals surface area contributed by atoms with Gasteiger partial charge in [0.1, 0.15) is 0 Å². The number of carbonyl (C=O) groups is 1. The second-order valence-corrected chi connectivity index (χ2v) is 5.92. The third kappa shape index (κ3) is 2.81. The topological polar surface area (TPSA) is 38.8 Å². The minimum absolute atomic E-state index is 0.177. The molecule has 0 N–H and O–H groups in total. The molecule has 0 radical (unpaired) electrons. The second-order valence-electron chi connectivity index (χ2n) is 5.92. The summed E-state index contributed by atoms with van der Waals surface area (Å²) in [6, 6.07) is 17.9. The lowest BCUT2D eigenvalue weighted by Crippen LogP contribution is -2.44. The first-order chi connectivity index (χ1) is 11.6. The Hall–Kier alpha value is -2.24. The van der Waals surface area contributed by atoms with Crippen molar-refractivity contribution in [2.24, 2.45) is 0 Å². The van der Waals surface area contributed by atoms with E-state index in [9.17, 15) is 4.79 Å². The molecule has 1 saturated heterocycles. The molecule has 3 atom stereocenters. The Morgan fingerprint density at radius 1 is 1.21 bits per heavy atom. The average molecular weight is 329 g/mol. The van der Waals surface area contributed by atoms with Crippen molar-refractivity contribution in [1.82, 2.24) is 5.06 Å². The summed E-state index contributed by atoms with van der Waals surface area (Å²) in [5.74, 6) is -0.705. The first-order valence-corrected chi connectivity index (χ1v) is 7.83. The molecular formula is C19H20FNO3. The number of halogens is 1. The molecule has 1 fully saturated rings. The Balaban J connectivity index is 1.98. The molecule has 0 saturated carbocycles. The zero-order valence-corrected chi connectivity index (χ0v) is 13.7. The van der Waals surface area contributed by atoms with Crippen LogP contribution < -0.4 is 0 Å². The maximum absolute atomic E-state index is 15.3. The van der Waals surface area contributed by atoms with Crippen LogP contribution in [0.4, 0.5) is 4.39 Å². The number of carbonyl (C=O) groups excluding carboxylic acids is 1. The van der Waals surface area contributed by atoms with E-state index in [4.69, 9.17) is 9.57 Å². The van der Waals surface area contributed by atoms with E-state index in [1.54, 1.807) is 42.4 Å². The van der Waals surface area contributed by atoms with E-state index in [1.165, 1.54) is 7.11 Å². The SMILES string of the molecule is COC(=O)[C@@]1(C(F)c2ccccc2)C[C@H](c2ccccc2)N(C)O1. The van der Waals surface area contributed by atoms with Gasteiger partial charge >= 0.3 is 5.97 Å². The fourth-order valence-electron chi connectivity index (χ4n) is 3.21. The van der Waals surface area contributed by atoms with Gasteiger partial charge in [-0.2, -0.15) is 5.06 Å². The van der Waals surface area contributed by atoms with Crippen molar-refractivity contribution >= 4 is 5.97 Å². The number of ether oxygens (including phenoxy) is 1. The number of rotatable bonds is 4. The van der Waals surface area contributed by atoms with E-state index in [0.29, 0.717) is 5.56 Å². The number of hydroxylamine groups is 2. The quantitative estimate of drug-likeness (QED) is 0.803. The van der Waals surface area contributed by atoms with Gasteiger partial charge in [0.2, 0.25) is 5.60 Å². The van der Waals surface area contributed by atoms with Crippen LogP contribution in [0.2, 0.25) is 0 Å². The van der Waals surface area contributed by atoms with E-state index in [2.05, 4.69) is 0 Å². The number of alkyl halides is 1. The highest BCUT2D eigenvalue weighted by Gasteiger charge is 2.58. The lowest BCUT2D eigenvalue weighted by molar-refractivity contribution is -0.226. The fourth-order valence-corrected chi connectivity index (χ4v) is 3.21. The van der Waals surface area contributed by atoms with Crippen LogP contribution in [0.25, 0.3) is 0 Å². The van der Waals surface area contributed by atoms with E-state index in [0.717, 1.165) is 5.56 Å². The third-order valence-corrected chi connectivity index (χ3v) is 4.46. The lowest BCUT2D eigenvalue weighted by atomic mass is 9.85. The summed E-state index contributed by atoms with van der Waals surface area (Å²) in [5, 5.41) is 1.54. The molecule has 0 aromatic heterocycles. The summed E-state index contributed by atoms with van der Waals surface area (Å²) in [6.07, 6.45) is -1.45. The Bertz CT molecular complexity index is 694. The number of methoxy groups -OCH3 is 1. The van der Waals surface area contributed by atoms with E-state index in [-0.39, 0.29) is 12.5 Å². The van der Waals surface area contributed by atoms with Crippen LogP contribution in [0, 0.1) is 0 Å². The van der Waals surface area contributed by atoms with Crippen molar-refractivity contribution in [2.45, 2.75) is 24.2 Å². The van der Waals surface area contributed by atoms with Crippen molar-refractivity contribution in [3.05, 3.63) is 71.8 Å². The summed E-state index contributed by atoms with van der Waals surface area (Å²) in [6.45, 7) is 0. The van der Waals surface area contributed by atoms with Gasteiger partial charge in [-0.15, -0.1) is 0 Å². The van der Waals surface area contributed by atoms with Crippen molar-refractivity contribution in [3.8, 4) is 0 Å². The van der Waals surface area contributed by atoms with Gasteiger partial charge in [-0.1, -0.05) is 60.7 Å². The van der Waals surface area contributed by atoms with Crippen molar-refractivity contribution < 1.29 is 18.8 Å². The Morgan fingerprint density at radius 3 is 2.38 bits per heavy atom. The molecule has 2 aromatic carbocycles. The van der Waals surface area contributed by atoms with Gasteiger partial charge in [0.05, 0.1) is 13.2 Å². The van der Waals surface area contributed by atoms with Gasteiger partial charge in [-0.05, 0) is 11.1 Å². The summed E-state index contributed by atoms with van der Waals surface area (Å²) >= 11 is 0.